The lowest BCUT2D eigenvalue weighted by atomic mass is 10.1. The molecule has 1 rings (SSSR count). The fourth-order valence-electron chi connectivity index (χ4n) is 1.08. The Labute approximate surface area is 84.5 Å². The first-order valence-electron chi connectivity index (χ1n) is 4.50. The molecule has 0 aliphatic heterocycles. The Morgan fingerprint density at radius 1 is 1.43 bits per heavy atom. The van der Waals surface area contributed by atoms with Crippen molar-refractivity contribution in [1.29, 1.82) is 0 Å². The van der Waals surface area contributed by atoms with Gasteiger partial charge in [-0.05, 0) is 20.8 Å². The summed E-state index contributed by atoms with van der Waals surface area (Å²) in [6.45, 7) is 6.20. The van der Waals surface area contributed by atoms with Gasteiger partial charge in [-0.25, -0.2) is 4.98 Å². The Morgan fingerprint density at radius 2 is 2.07 bits per heavy atom. The van der Waals surface area contributed by atoms with E-state index in [1.54, 1.807) is 19.4 Å². The molecule has 0 spiro atoms. The summed E-state index contributed by atoms with van der Waals surface area (Å²) in [7, 11) is 1.59. The number of nitrogen functional groups attached to an aromatic ring is 1. The fraction of sp³-hybridized carbons (Fsp3) is 0.500. The number of nitrogens with two attached hydrogens (primary N) is 1. The van der Waals surface area contributed by atoms with Crippen LogP contribution in [0.4, 0.5) is 11.5 Å². The summed E-state index contributed by atoms with van der Waals surface area (Å²) in [6.07, 6.45) is 1.59. The summed E-state index contributed by atoms with van der Waals surface area (Å²) in [6, 6.07) is 1.79. The van der Waals surface area contributed by atoms with Crippen LogP contribution >= 0.6 is 0 Å². The lowest BCUT2D eigenvalue weighted by Crippen LogP contribution is -2.26. The van der Waals surface area contributed by atoms with Crippen molar-refractivity contribution in [3.05, 3.63) is 12.3 Å². The summed E-state index contributed by atoms with van der Waals surface area (Å²) < 4.78 is 5.10. The third kappa shape index (κ3) is 2.80. The van der Waals surface area contributed by atoms with Gasteiger partial charge in [-0.3, -0.25) is 0 Å². The molecule has 4 heteroatoms. The second-order valence-electron chi connectivity index (χ2n) is 4.19. The highest BCUT2D eigenvalue weighted by atomic mass is 16.5. The van der Waals surface area contributed by atoms with E-state index in [2.05, 4.69) is 31.1 Å². The first kappa shape index (κ1) is 10.6. The van der Waals surface area contributed by atoms with E-state index in [1.807, 2.05) is 0 Å². The van der Waals surface area contributed by atoms with Crippen molar-refractivity contribution in [1.82, 2.24) is 4.98 Å². The lowest BCUT2D eigenvalue weighted by Gasteiger charge is -2.21. The number of nitrogens with one attached hydrogen (secondary N) is 1. The number of ether oxygens (including phenoxy) is 1. The van der Waals surface area contributed by atoms with E-state index in [4.69, 9.17) is 10.5 Å². The average Bonchev–Trinajstić information content (AvgIpc) is 2.06. The predicted octanol–water partition coefficient (Wildman–Crippen LogP) is 1.88. The van der Waals surface area contributed by atoms with Gasteiger partial charge in [0, 0.05) is 11.6 Å². The Bertz CT molecular complexity index is 318. The van der Waals surface area contributed by atoms with Gasteiger partial charge in [0.05, 0.1) is 19.0 Å². The van der Waals surface area contributed by atoms with Crippen molar-refractivity contribution in [3.63, 3.8) is 0 Å². The molecular formula is C10H17N3O. The van der Waals surface area contributed by atoms with Gasteiger partial charge >= 0.3 is 0 Å². The van der Waals surface area contributed by atoms with Crippen LogP contribution in [0.25, 0.3) is 0 Å². The molecule has 78 valence electrons. The van der Waals surface area contributed by atoms with E-state index >= 15 is 0 Å². The molecule has 0 aromatic carbocycles. The first-order valence-corrected chi connectivity index (χ1v) is 4.50. The smallest absolute Gasteiger partial charge is 0.147 e. The number of hydrogen-bond acceptors (Lipinski definition) is 4. The molecule has 0 aliphatic rings. The number of methoxy groups -OCH3 is 1. The highest BCUT2D eigenvalue weighted by Crippen LogP contribution is 2.24. The molecule has 0 amide bonds. The number of rotatable bonds is 2. The Kier molecular flexibility index (Phi) is 2.84. The molecular weight excluding hydrogens is 178 g/mol. The fourth-order valence-corrected chi connectivity index (χ4v) is 1.08. The maximum atomic E-state index is 5.65. The molecule has 3 N–H and O–H groups in total. The third-order valence-electron chi connectivity index (χ3n) is 1.62. The van der Waals surface area contributed by atoms with Crippen molar-refractivity contribution < 1.29 is 4.74 Å². The standard InChI is InChI=1S/C10H17N3O/c1-10(2,3)13-9-5-8(14-4)7(11)6-12-9/h5-6H,11H2,1-4H3,(H,12,13). The summed E-state index contributed by atoms with van der Waals surface area (Å²) >= 11 is 0. The average molecular weight is 195 g/mol. The maximum absolute atomic E-state index is 5.65. The quantitative estimate of drug-likeness (QED) is 0.756. The number of anilines is 2. The van der Waals surface area contributed by atoms with Gasteiger partial charge in [-0.15, -0.1) is 0 Å². The summed E-state index contributed by atoms with van der Waals surface area (Å²) in [5.74, 6) is 1.41. The first-order chi connectivity index (χ1) is 6.42. The second kappa shape index (κ2) is 3.74. The van der Waals surface area contributed by atoms with Crippen LogP contribution in [0, 0.1) is 0 Å². The van der Waals surface area contributed by atoms with Gasteiger partial charge in [0.25, 0.3) is 0 Å². The summed E-state index contributed by atoms with van der Waals surface area (Å²) in [4.78, 5) is 4.16. The monoisotopic (exact) mass is 195 g/mol. The van der Waals surface area contributed by atoms with Gasteiger partial charge in [-0.1, -0.05) is 0 Å². The van der Waals surface area contributed by atoms with Crippen molar-refractivity contribution >= 4 is 11.5 Å². The summed E-state index contributed by atoms with van der Waals surface area (Å²) in [5, 5.41) is 3.24. The van der Waals surface area contributed by atoms with E-state index in [-0.39, 0.29) is 5.54 Å². The van der Waals surface area contributed by atoms with E-state index in [0.29, 0.717) is 11.4 Å². The zero-order valence-corrected chi connectivity index (χ0v) is 9.09. The van der Waals surface area contributed by atoms with Crippen LogP contribution in [0.3, 0.4) is 0 Å². The number of nitrogens with zero attached hydrogens (tertiary/aromatic N) is 1. The van der Waals surface area contributed by atoms with Gasteiger partial charge < -0.3 is 15.8 Å². The molecule has 4 nitrogen and oxygen atoms in total. The molecule has 14 heavy (non-hydrogen) atoms. The Balaban J connectivity index is 2.90. The molecule has 0 unspecified atom stereocenters. The maximum Gasteiger partial charge on any atom is 0.147 e. The normalized spacial score (nSPS) is 11.1. The zero-order valence-electron chi connectivity index (χ0n) is 9.09. The Hall–Kier alpha value is -1.45. The van der Waals surface area contributed by atoms with E-state index < -0.39 is 0 Å². The van der Waals surface area contributed by atoms with Gasteiger partial charge in [0.2, 0.25) is 0 Å². The van der Waals surface area contributed by atoms with Crippen molar-refractivity contribution in [2.24, 2.45) is 0 Å². The second-order valence-corrected chi connectivity index (χ2v) is 4.19. The van der Waals surface area contributed by atoms with Gasteiger partial charge in [0.15, 0.2) is 0 Å². The van der Waals surface area contributed by atoms with Crippen LogP contribution < -0.4 is 15.8 Å². The van der Waals surface area contributed by atoms with Crippen LogP contribution in [-0.4, -0.2) is 17.6 Å². The van der Waals surface area contributed by atoms with Gasteiger partial charge in [0.1, 0.15) is 11.6 Å². The highest BCUT2D eigenvalue weighted by Gasteiger charge is 2.11. The molecule has 1 aromatic heterocycles. The molecule has 1 heterocycles. The topological polar surface area (TPSA) is 60.2 Å². The largest absolute Gasteiger partial charge is 0.494 e. The number of aromatic nitrogens is 1. The van der Waals surface area contributed by atoms with E-state index in [9.17, 15) is 0 Å². The molecule has 0 atom stereocenters. The third-order valence-corrected chi connectivity index (χ3v) is 1.62. The van der Waals surface area contributed by atoms with E-state index in [1.165, 1.54) is 0 Å². The molecule has 0 aliphatic carbocycles. The zero-order chi connectivity index (χ0) is 10.8. The molecule has 0 saturated carbocycles. The summed E-state index contributed by atoms with van der Waals surface area (Å²) in [5.41, 5.74) is 6.18. The number of pyridine rings is 1. The SMILES string of the molecule is COc1cc(NC(C)(C)C)ncc1N. The predicted molar refractivity (Wildman–Crippen MR) is 58.6 cm³/mol. The molecule has 0 bridgehead atoms. The van der Waals surface area contributed by atoms with E-state index in [0.717, 1.165) is 5.82 Å². The van der Waals surface area contributed by atoms with Crippen LogP contribution in [0.5, 0.6) is 5.75 Å². The molecule has 1 aromatic rings. The van der Waals surface area contributed by atoms with Crippen molar-refractivity contribution in [2.45, 2.75) is 26.3 Å². The lowest BCUT2D eigenvalue weighted by molar-refractivity contribution is 0.416. The highest BCUT2D eigenvalue weighted by molar-refractivity contribution is 5.56. The Morgan fingerprint density at radius 3 is 2.57 bits per heavy atom. The molecule has 0 radical (unpaired) electrons. The molecule has 0 saturated heterocycles. The van der Waals surface area contributed by atoms with Crippen LogP contribution in [-0.2, 0) is 0 Å². The van der Waals surface area contributed by atoms with Crippen LogP contribution in [0.1, 0.15) is 20.8 Å². The van der Waals surface area contributed by atoms with Crippen LogP contribution in [0.2, 0.25) is 0 Å². The number of hydrogen-bond donors (Lipinski definition) is 2. The minimum Gasteiger partial charge on any atom is -0.494 e. The minimum absolute atomic E-state index is 0.0197. The minimum atomic E-state index is -0.0197. The van der Waals surface area contributed by atoms with Crippen molar-refractivity contribution in [3.8, 4) is 5.75 Å². The van der Waals surface area contributed by atoms with Gasteiger partial charge in [-0.2, -0.15) is 0 Å². The molecule has 0 fully saturated rings. The van der Waals surface area contributed by atoms with Crippen molar-refractivity contribution in [2.75, 3.05) is 18.2 Å². The van der Waals surface area contributed by atoms with Crippen LogP contribution in [0.15, 0.2) is 12.3 Å².